The van der Waals surface area contributed by atoms with Gasteiger partial charge in [-0.3, -0.25) is 4.99 Å². The van der Waals surface area contributed by atoms with Crippen molar-refractivity contribution < 1.29 is 4.74 Å². The molecule has 2 aliphatic heterocycles. The van der Waals surface area contributed by atoms with Gasteiger partial charge in [-0.2, -0.15) is 0 Å². The molecule has 3 heterocycles. The van der Waals surface area contributed by atoms with Crippen LogP contribution in [0.3, 0.4) is 0 Å². The summed E-state index contributed by atoms with van der Waals surface area (Å²) < 4.78 is 5.62. The normalized spacial score (nSPS) is 19.5. The lowest BCUT2D eigenvalue weighted by molar-refractivity contribution is 0.308. The number of hydrogen-bond donors (Lipinski definition) is 0. The third-order valence-electron chi connectivity index (χ3n) is 7.69. The van der Waals surface area contributed by atoms with Crippen molar-refractivity contribution >= 4 is 23.2 Å². The van der Waals surface area contributed by atoms with Crippen LogP contribution in [0.2, 0.25) is 0 Å². The van der Waals surface area contributed by atoms with E-state index >= 15 is 0 Å². The average Bonchev–Trinajstić information content (AvgIpc) is 3.42. The minimum atomic E-state index is 0.173. The van der Waals surface area contributed by atoms with Gasteiger partial charge in [0.2, 0.25) is 0 Å². The third-order valence-corrected chi connectivity index (χ3v) is 7.69. The second-order valence-electron chi connectivity index (χ2n) is 9.60. The van der Waals surface area contributed by atoms with Crippen molar-refractivity contribution in [1.29, 1.82) is 0 Å². The lowest BCUT2D eigenvalue weighted by Gasteiger charge is -2.42. The minimum absolute atomic E-state index is 0.173. The lowest BCUT2D eigenvalue weighted by atomic mass is 9.71. The van der Waals surface area contributed by atoms with Crippen LogP contribution in [0.25, 0.3) is 11.6 Å². The van der Waals surface area contributed by atoms with Crippen molar-refractivity contribution in [1.82, 2.24) is 9.97 Å². The van der Waals surface area contributed by atoms with Crippen LogP contribution in [0.4, 0.5) is 5.82 Å². The molecule has 1 fully saturated rings. The predicted molar refractivity (Wildman–Crippen MR) is 136 cm³/mol. The molecule has 1 aliphatic carbocycles. The molecule has 0 unspecified atom stereocenters. The van der Waals surface area contributed by atoms with Gasteiger partial charge in [0.25, 0.3) is 0 Å². The highest BCUT2D eigenvalue weighted by molar-refractivity contribution is 6.03. The van der Waals surface area contributed by atoms with Gasteiger partial charge in [0, 0.05) is 48.3 Å². The summed E-state index contributed by atoms with van der Waals surface area (Å²) in [6.07, 6.45) is 9.28. The van der Waals surface area contributed by atoms with E-state index in [4.69, 9.17) is 9.73 Å². The number of hydrogen-bond acceptors (Lipinski definition) is 5. The van der Waals surface area contributed by atoms with Crippen LogP contribution in [0.1, 0.15) is 70.2 Å². The highest BCUT2D eigenvalue weighted by Crippen LogP contribution is 2.44. The fourth-order valence-electron chi connectivity index (χ4n) is 5.66. The minimum Gasteiger partial charge on any atom is -0.494 e. The standard InChI is InChI=1S/C28H34N4O/c1-5-28(26-17-23(20(4)31-26)21-7-9-22(10-8-21)33-6-2)11-13-32(14-12-28)27-24-15-19(3)16-25(24)29-18-30-27/h7-10,15,18H,5-6,11-14,16-17H2,1-4H3. The van der Waals surface area contributed by atoms with E-state index in [1.54, 1.807) is 6.33 Å². The molecule has 0 atom stereocenters. The average molecular weight is 443 g/mol. The zero-order chi connectivity index (χ0) is 23.0. The molecule has 2 aromatic rings. The number of rotatable bonds is 6. The molecule has 172 valence electrons. The van der Waals surface area contributed by atoms with Gasteiger partial charge >= 0.3 is 0 Å². The van der Waals surface area contributed by atoms with E-state index in [1.807, 2.05) is 6.92 Å². The number of ether oxygens (including phenoxy) is 1. The van der Waals surface area contributed by atoms with Crippen molar-refractivity contribution in [3.63, 3.8) is 0 Å². The first-order chi connectivity index (χ1) is 16.0. The number of fused-ring (bicyclic) bond motifs is 1. The van der Waals surface area contributed by atoms with E-state index in [1.165, 1.54) is 39.4 Å². The molecule has 0 amide bonds. The molecule has 0 N–H and O–H groups in total. The number of aliphatic imine (C=N–C) groups is 1. The van der Waals surface area contributed by atoms with E-state index in [9.17, 15) is 0 Å². The fourth-order valence-corrected chi connectivity index (χ4v) is 5.66. The van der Waals surface area contributed by atoms with Gasteiger partial charge in [0.05, 0.1) is 12.3 Å². The molecule has 0 spiro atoms. The summed E-state index contributed by atoms with van der Waals surface area (Å²) in [5.74, 6) is 2.04. The largest absolute Gasteiger partial charge is 0.494 e. The number of benzene rings is 1. The summed E-state index contributed by atoms with van der Waals surface area (Å²) in [6.45, 7) is 11.4. The van der Waals surface area contributed by atoms with Crippen LogP contribution in [-0.2, 0) is 6.42 Å². The summed E-state index contributed by atoms with van der Waals surface area (Å²) in [6, 6.07) is 8.49. The smallest absolute Gasteiger partial charge is 0.139 e. The van der Waals surface area contributed by atoms with Crippen molar-refractivity contribution in [2.45, 2.75) is 59.8 Å². The van der Waals surface area contributed by atoms with Crippen molar-refractivity contribution in [2.24, 2.45) is 10.4 Å². The van der Waals surface area contributed by atoms with E-state index in [2.05, 4.69) is 66.0 Å². The van der Waals surface area contributed by atoms with Crippen LogP contribution in [0, 0.1) is 5.41 Å². The Morgan fingerprint density at radius 1 is 1.00 bits per heavy atom. The van der Waals surface area contributed by atoms with Gasteiger partial charge in [-0.1, -0.05) is 30.7 Å². The number of piperidine rings is 1. The second kappa shape index (κ2) is 8.77. The number of anilines is 1. The summed E-state index contributed by atoms with van der Waals surface area (Å²) in [7, 11) is 0. The van der Waals surface area contributed by atoms with Crippen LogP contribution in [-0.4, -0.2) is 35.4 Å². The first-order valence-electron chi connectivity index (χ1n) is 12.3. The summed E-state index contributed by atoms with van der Waals surface area (Å²) in [5.41, 5.74) is 9.10. The van der Waals surface area contributed by atoms with E-state index in [0.717, 1.165) is 56.8 Å². The van der Waals surface area contributed by atoms with Gasteiger partial charge in [0.15, 0.2) is 0 Å². The molecule has 33 heavy (non-hydrogen) atoms. The molecule has 1 aromatic heterocycles. The van der Waals surface area contributed by atoms with Crippen molar-refractivity contribution in [3.05, 3.63) is 58.7 Å². The first-order valence-corrected chi connectivity index (χ1v) is 12.3. The second-order valence-corrected chi connectivity index (χ2v) is 9.60. The summed E-state index contributed by atoms with van der Waals surface area (Å²) >= 11 is 0. The molecule has 0 radical (unpaired) electrons. The fraction of sp³-hybridized carbons (Fsp3) is 0.464. The highest BCUT2D eigenvalue weighted by atomic mass is 16.5. The first kappa shape index (κ1) is 21.9. The Kier molecular flexibility index (Phi) is 5.81. The molecule has 0 bridgehead atoms. The van der Waals surface area contributed by atoms with Crippen LogP contribution < -0.4 is 9.64 Å². The number of nitrogens with zero attached hydrogens (tertiary/aromatic N) is 4. The van der Waals surface area contributed by atoms with Gasteiger partial charge in [-0.15, -0.1) is 0 Å². The van der Waals surface area contributed by atoms with Crippen LogP contribution in [0.5, 0.6) is 5.75 Å². The number of allylic oxidation sites excluding steroid dienone is 3. The quantitative estimate of drug-likeness (QED) is 0.542. The van der Waals surface area contributed by atoms with E-state index in [0.29, 0.717) is 6.61 Å². The molecule has 0 saturated carbocycles. The molecule has 1 aromatic carbocycles. The molecule has 5 nitrogen and oxygen atoms in total. The molecule has 5 heteroatoms. The summed E-state index contributed by atoms with van der Waals surface area (Å²) in [5, 5.41) is 0. The topological polar surface area (TPSA) is 50.6 Å². The Morgan fingerprint density at radius 2 is 1.76 bits per heavy atom. The van der Waals surface area contributed by atoms with Crippen LogP contribution in [0.15, 0.2) is 46.9 Å². The Hall–Kier alpha value is -2.95. The van der Waals surface area contributed by atoms with Gasteiger partial charge in [-0.05, 0) is 63.3 Å². The maximum Gasteiger partial charge on any atom is 0.139 e. The summed E-state index contributed by atoms with van der Waals surface area (Å²) in [4.78, 5) is 16.8. The van der Waals surface area contributed by atoms with Gasteiger partial charge in [-0.25, -0.2) is 9.97 Å². The zero-order valence-corrected chi connectivity index (χ0v) is 20.3. The lowest BCUT2D eigenvalue weighted by Crippen LogP contribution is -2.44. The Morgan fingerprint density at radius 3 is 2.45 bits per heavy atom. The van der Waals surface area contributed by atoms with E-state index < -0.39 is 0 Å². The highest BCUT2D eigenvalue weighted by Gasteiger charge is 2.40. The molecule has 5 rings (SSSR count). The SMILES string of the molecule is CCOc1ccc(C2=C(C)N=C(C3(CC)CCN(c4ncnc5c4C=C(C)C5)CC3)C2)cc1. The Balaban J connectivity index is 1.31. The van der Waals surface area contributed by atoms with Crippen LogP contribution >= 0.6 is 0 Å². The van der Waals surface area contributed by atoms with Crippen molar-refractivity contribution in [2.75, 3.05) is 24.6 Å². The van der Waals surface area contributed by atoms with Gasteiger partial charge < -0.3 is 9.64 Å². The molecular formula is C28H34N4O. The Labute approximate surface area is 197 Å². The maximum absolute atomic E-state index is 5.62. The zero-order valence-electron chi connectivity index (χ0n) is 20.3. The van der Waals surface area contributed by atoms with Crippen molar-refractivity contribution in [3.8, 4) is 5.75 Å². The predicted octanol–water partition coefficient (Wildman–Crippen LogP) is 6.11. The molecule has 1 saturated heterocycles. The Bertz CT molecular complexity index is 1130. The monoisotopic (exact) mass is 442 g/mol. The number of aromatic nitrogens is 2. The van der Waals surface area contributed by atoms with E-state index in [-0.39, 0.29) is 5.41 Å². The van der Waals surface area contributed by atoms with Gasteiger partial charge in [0.1, 0.15) is 17.9 Å². The third kappa shape index (κ3) is 3.98. The maximum atomic E-state index is 5.62. The molecule has 3 aliphatic rings. The molecular weight excluding hydrogens is 408 g/mol.